The SMILES string of the molecule is O=c1ccc2ccc(O)c(Cl)c2o1. The topological polar surface area (TPSA) is 50.4 Å². The Morgan fingerprint density at radius 1 is 1.23 bits per heavy atom. The third-order valence-electron chi connectivity index (χ3n) is 1.71. The second kappa shape index (κ2) is 2.78. The Bertz CT molecular complexity index is 516. The third-order valence-corrected chi connectivity index (χ3v) is 2.07. The first-order chi connectivity index (χ1) is 6.18. The quantitative estimate of drug-likeness (QED) is 0.657. The van der Waals surface area contributed by atoms with Crippen LogP contribution in [0.25, 0.3) is 11.0 Å². The lowest BCUT2D eigenvalue weighted by Gasteiger charge is -1.99. The fourth-order valence-electron chi connectivity index (χ4n) is 1.09. The average Bonchev–Trinajstić information content (AvgIpc) is 2.12. The molecular formula is C9H5ClO3. The lowest BCUT2D eigenvalue weighted by atomic mass is 10.2. The molecule has 1 N–H and O–H groups in total. The Hall–Kier alpha value is -1.48. The summed E-state index contributed by atoms with van der Waals surface area (Å²) in [6.07, 6.45) is 0. The molecule has 3 nitrogen and oxygen atoms in total. The van der Waals surface area contributed by atoms with Crippen molar-refractivity contribution in [2.24, 2.45) is 0 Å². The number of hydrogen-bond acceptors (Lipinski definition) is 3. The number of hydrogen-bond donors (Lipinski definition) is 1. The van der Waals surface area contributed by atoms with Gasteiger partial charge < -0.3 is 9.52 Å². The van der Waals surface area contributed by atoms with Crippen molar-refractivity contribution < 1.29 is 9.52 Å². The molecule has 0 aliphatic heterocycles. The highest BCUT2D eigenvalue weighted by atomic mass is 35.5. The van der Waals surface area contributed by atoms with Crippen LogP contribution in [0.2, 0.25) is 5.02 Å². The van der Waals surface area contributed by atoms with Crippen LogP contribution in [0, 0.1) is 0 Å². The van der Waals surface area contributed by atoms with Gasteiger partial charge in [-0.15, -0.1) is 0 Å². The molecule has 1 aromatic heterocycles. The molecular weight excluding hydrogens is 192 g/mol. The zero-order chi connectivity index (χ0) is 9.42. The highest BCUT2D eigenvalue weighted by Gasteiger charge is 2.06. The number of halogens is 1. The van der Waals surface area contributed by atoms with Gasteiger partial charge in [0.05, 0.1) is 0 Å². The summed E-state index contributed by atoms with van der Waals surface area (Å²) in [4.78, 5) is 10.8. The summed E-state index contributed by atoms with van der Waals surface area (Å²) in [5.74, 6) is -0.0940. The van der Waals surface area contributed by atoms with Gasteiger partial charge in [0, 0.05) is 11.5 Å². The molecule has 2 aromatic rings. The van der Waals surface area contributed by atoms with Crippen LogP contribution in [0.1, 0.15) is 0 Å². The van der Waals surface area contributed by atoms with Gasteiger partial charge >= 0.3 is 5.63 Å². The Labute approximate surface area is 78.2 Å². The van der Waals surface area contributed by atoms with Gasteiger partial charge in [0.15, 0.2) is 5.58 Å². The van der Waals surface area contributed by atoms with Crippen molar-refractivity contribution in [1.29, 1.82) is 0 Å². The molecule has 0 aliphatic rings. The van der Waals surface area contributed by atoms with E-state index in [9.17, 15) is 9.90 Å². The molecule has 66 valence electrons. The van der Waals surface area contributed by atoms with Crippen molar-refractivity contribution in [3.63, 3.8) is 0 Å². The van der Waals surface area contributed by atoms with Gasteiger partial charge in [-0.2, -0.15) is 0 Å². The first-order valence-electron chi connectivity index (χ1n) is 3.60. The Morgan fingerprint density at radius 2 is 1.92 bits per heavy atom. The lowest BCUT2D eigenvalue weighted by Crippen LogP contribution is -1.94. The maximum atomic E-state index is 10.8. The Morgan fingerprint density at radius 3 is 2.69 bits per heavy atom. The molecule has 0 fully saturated rings. The molecule has 13 heavy (non-hydrogen) atoms. The molecule has 2 rings (SSSR count). The third kappa shape index (κ3) is 1.27. The van der Waals surface area contributed by atoms with E-state index in [1.807, 2.05) is 0 Å². The summed E-state index contributed by atoms with van der Waals surface area (Å²) in [6.45, 7) is 0. The summed E-state index contributed by atoms with van der Waals surface area (Å²) < 4.78 is 4.83. The van der Waals surface area contributed by atoms with Crippen molar-refractivity contribution in [1.82, 2.24) is 0 Å². The fraction of sp³-hybridized carbons (Fsp3) is 0. The standard InChI is InChI=1S/C9H5ClO3/c10-8-6(11)3-1-5-2-4-7(12)13-9(5)8/h1-4,11H. The summed E-state index contributed by atoms with van der Waals surface area (Å²) >= 11 is 5.72. The fourth-order valence-corrected chi connectivity index (χ4v) is 1.30. The predicted molar refractivity (Wildman–Crippen MR) is 49.2 cm³/mol. The molecule has 0 aliphatic carbocycles. The highest BCUT2D eigenvalue weighted by Crippen LogP contribution is 2.30. The minimum atomic E-state index is -0.486. The van der Waals surface area contributed by atoms with Crippen molar-refractivity contribution in [3.05, 3.63) is 39.7 Å². The van der Waals surface area contributed by atoms with Crippen LogP contribution in [0.4, 0.5) is 0 Å². The monoisotopic (exact) mass is 196 g/mol. The predicted octanol–water partition coefficient (Wildman–Crippen LogP) is 2.15. The molecule has 0 radical (unpaired) electrons. The number of phenols is 1. The molecule has 0 spiro atoms. The van der Waals surface area contributed by atoms with E-state index in [2.05, 4.69) is 0 Å². The zero-order valence-corrected chi connectivity index (χ0v) is 7.21. The van der Waals surface area contributed by atoms with E-state index in [1.165, 1.54) is 12.1 Å². The number of fused-ring (bicyclic) bond motifs is 1. The van der Waals surface area contributed by atoms with Crippen LogP contribution in [-0.4, -0.2) is 5.11 Å². The smallest absolute Gasteiger partial charge is 0.336 e. The molecule has 1 aromatic carbocycles. The van der Waals surface area contributed by atoms with Crippen LogP contribution in [0.3, 0.4) is 0 Å². The van der Waals surface area contributed by atoms with Crippen LogP contribution < -0.4 is 5.63 Å². The minimum Gasteiger partial charge on any atom is -0.506 e. The van der Waals surface area contributed by atoms with E-state index >= 15 is 0 Å². The van der Waals surface area contributed by atoms with Gasteiger partial charge in [-0.3, -0.25) is 0 Å². The molecule has 4 heteroatoms. The van der Waals surface area contributed by atoms with Crippen LogP contribution in [-0.2, 0) is 0 Å². The molecule has 0 bridgehead atoms. The molecule has 0 atom stereocenters. The van der Waals surface area contributed by atoms with Crippen molar-refractivity contribution in [2.75, 3.05) is 0 Å². The number of aromatic hydroxyl groups is 1. The van der Waals surface area contributed by atoms with E-state index in [0.717, 1.165) is 0 Å². The summed E-state index contributed by atoms with van der Waals surface area (Å²) in [6, 6.07) is 5.96. The number of phenolic OH excluding ortho intramolecular Hbond substituents is 1. The van der Waals surface area contributed by atoms with Gasteiger partial charge in [-0.25, -0.2) is 4.79 Å². The summed E-state index contributed by atoms with van der Waals surface area (Å²) in [5.41, 5.74) is -0.269. The van der Waals surface area contributed by atoms with Gasteiger partial charge in [0.25, 0.3) is 0 Å². The maximum Gasteiger partial charge on any atom is 0.336 e. The minimum absolute atomic E-state index is 0.0650. The van der Waals surface area contributed by atoms with Crippen molar-refractivity contribution in [2.45, 2.75) is 0 Å². The van der Waals surface area contributed by atoms with Crippen LogP contribution in [0.5, 0.6) is 5.75 Å². The van der Waals surface area contributed by atoms with E-state index < -0.39 is 5.63 Å². The molecule has 1 heterocycles. The van der Waals surface area contributed by atoms with E-state index in [1.54, 1.807) is 12.1 Å². The lowest BCUT2D eigenvalue weighted by molar-refractivity contribution is 0.473. The molecule has 0 unspecified atom stereocenters. The normalized spacial score (nSPS) is 10.5. The van der Waals surface area contributed by atoms with E-state index in [-0.39, 0.29) is 16.4 Å². The van der Waals surface area contributed by atoms with Crippen LogP contribution >= 0.6 is 11.6 Å². The maximum absolute atomic E-state index is 10.8. The molecule has 0 amide bonds. The Balaban J connectivity index is 2.97. The summed E-state index contributed by atoms with van der Waals surface area (Å²) in [7, 11) is 0. The van der Waals surface area contributed by atoms with Gasteiger partial charge in [0.1, 0.15) is 10.8 Å². The molecule has 0 saturated carbocycles. The number of rotatable bonds is 0. The van der Waals surface area contributed by atoms with Gasteiger partial charge in [0.2, 0.25) is 0 Å². The average molecular weight is 197 g/mol. The van der Waals surface area contributed by atoms with Gasteiger partial charge in [-0.1, -0.05) is 11.6 Å². The first kappa shape index (κ1) is 8.13. The second-order valence-corrected chi connectivity index (χ2v) is 2.95. The summed E-state index contributed by atoms with van der Waals surface area (Å²) in [5, 5.41) is 9.96. The van der Waals surface area contributed by atoms with Crippen LogP contribution in [0.15, 0.2) is 33.5 Å². The first-order valence-corrected chi connectivity index (χ1v) is 3.97. The van der Waals surface area contributed by atoms with Crippen molar-refractivity contribution >= 4 is 22.6 Å². The molecule has 0 saturated heterocycles. The van der Waals surface area contributed by atoms with Gasteiger partial charge in [-0.05, 0) is 18.2 Å². The zero-order valence-electron chi connectivity index (χ0n) is 6.45. The highest BCUT2D eigenvalue weighted by molar-refractivity contribution is 6.36. The Kier molecular flexibility index (Phi) is 1.74. The second-order valence-electron chi connectivity index (χ2n) is 2.57. The van der Waals surface area contributed by atoms with E-state index in [0.29, 0.717) is 5.39 Å². The van der Waals surface area contributed by atoms with E-state index in [4.69, 9.17) is 16.0 Å². The van der Waals surface area contributed by atoms with Crippen molar-refractivity contribution in [3.8, 4) is 5.75 Å². The number of benzene rings is 1. The largest absolute Gasteiger partial charge is 0.506 e.